The smallest absolute Gasteiger partial charge is 0.326 e. The molecule has 3 N–H and O–H groups in total. The van der Waals surface area contributed by atoms with Gasteiger partial charge in [0.15, 0.2) is 0 Å². The molecule has 0 aromatic heterocycles. The van der Waals surface area contributed by atoms with Crippen LogP contribution >= 0.6 is 0 Å². The van der Waals surface area contributed by atoms with Crippen LogP contribution in [0.2, 0.25) is 0 Å². The Labute approximate surface area is 54.8 Å². The monoisotopic (exact) mass is 145 g/mol. The van der Waals surface area contributed by atoms with Gasteiger partial charge in [0.1, 0.15) is 0 Å². The maximum atomic E-state index is 10.0. The lowest BCUT2D eigenvalue weighted by molar-refractivity contribution is -0.132. The van der Waals surface area contributed by atoms with Crippen molar-refractivity contribution < 1.29 is 14.7 Å². The molecule has 0 unspecified atom stereocenters. The van der Waals surface area contributed by atoms with Gasteiger partial charge in [0.2, 0.25) is 5.91 Å². The van der Waals surface area contributed by atoms with E-state index in [-0.39, 0.29) is 5.20 Å². The summed E-state index contributed by atoms with van der Waals surface area (Å²) in [5.41, 5.74) is 4.67. The van der Waals surface area contributed by atoms with E-state index in [0.717, 1.165) is 6.08 Å². The number of carboxylic acids is 1. The molecule has 0 spiro atoms. The molecule has 0 saturated carbocycles. The number of amides is 1. The molecule has 0 aliphatic rings. The summed E-state index contributed by atoms with van der Waals surface area (Å²) in [6.45, 7) is 0. The molecule has 0 atom stereocenters. The SMILES string of the molecule is NC(=O)/C=C(/[SiH3])C(=O)O. The van der Waals surface area contributed by atoms with Crippen molar-refractivity contribution >= 4 is 22.1 Å². The Morgan fingerprint density at radius 2 is 2.00 bits per heavy atom. The van der Waals surface area contributed by atoms with Crippen LogP contribution in [-0.4, -0.2) is 27.2 Å². The summed E-state index contributed by atoms with van der Waals surface area (Å²) >= 11 is 0. The molecular weight excluding hydrogens is 138 g/mol. The summed E-state index contributed by atoms with van der Waals surface area (Å²) in [4.78, 5) is 20.0. The van der Waals surface area contributed by atoms with Gasteiger partial charge in [0, 0.05) is 21.5 Å². The van der Waals surface area contributed by atoms with E-state index in [2.05, 4.69) is 5.73 Å². The number of carbonyl (C=O) groups excluding carboxylic acids is 1. The number of hydrogen-bond acceptors (Lipinski definition) is 2. The summed E-state index contributed by atoms with van der Waals surface area (Å²) in [5, 5.41) is 8.28. The first-order chi connectivity index (χ1) is 4.04. The fourth-order valence-corrected chi connectivity index (χ4v) is 0.560. The molecule has 1 amide bonds. The van der Waals surface area contributed by atoms with Crippen molar-refractivity contribution in [2.45, 2.75) is 0 Å². The predicted octanol–water partition coefficient (Wildman–Crippen LogP) is -2.19. The van der Waals surface area contributed by atoms with Gasteiger partial charge in [-0.3, -0.25) is 4.79 Å². The third-order valence-corrected chi connectivity index (χ3v) is 1.41. The Morgan fingerprint density at radius 3 is 2.11 bits per heavy atom. The minimum absolute atomic E-state index is 0.0856. The largest absolute Gasteiger partial charge is 0.478 e. The topological polar surface area (TPSA) is 80.4 Å². The van der Waals surface area contributed by atoms with Crippen molar-refractivity contribution in [1.82, 2.24) is 0 Å². The van der Waals surface area contributed by atoms with Gasteiger partial charge in [-0.05, 0) is 0 Å². The normalized spacial score (nSPS) is 11.3. The zero-order valence-electron chi connectivity index (χ0n) is 4.92. The summed E-state index contributed by atoms with van der Waals surface area (Å²) in [7, 11) is 0.332. The number of nitrogens with two attached hydrogens (primary N) is 1. The van der Waals surface area contributed by atoms with Gasteiger partial charge in [-0.25, -0.2) is 4.79 Å². The number of primary amides is 1. The molecule has 50 valence electrons. The highest BCUT2D eigenvalue weighted by atomic mass is 28.1. The van der Waals surface area contributed by atoms with Crippen LogP contribution in [0.4, 0.5) is 0 Å². The van der Waals surface area contributed by atoms with E-state index in [9.17, 15) is 9.59 Å². The molecule has 0 rings (SSSR count). The summed E-state index contributed by atoms with van der Waals surface area (Å²) in [5.74, 6) is -1.78. The first-order valence-corrected chi connectivity index (χ1v) is 3.25. The fraction of sp³-hybridized carbons (Fsp3) is 0. The van der Waals surface area contributed by atoms with Gasteiger partial charge in [-0.1, -0.05) is 0 Å². The zero-order valence-corrected chi connectivity index (χ0v) is 6.92. The molecule has 0 aliphatic heterocycles. The third kappa shape index (κ3) is 3.48. The Kier molecular flexibility index (Phi) is 2.66. The Morgan fingerprint density at radius 1 is 1.56 bits per heavy atom. The maximum Gasteiger partial charge on any atom is 0.326 e. The van der Waals surface area contributed by atoms with Crippen molar-refractivity contribution in [2.75, 3.05) is 0 Å². The molecule has 0 aromatic carbocycles. The van der Waals surface area contributed by atoms with Crippen LogP contribution in [0.25, 0.3) is 0 Å². The third-order valence-electron chi connectivity index (χ3n) is 0.696. The van der Waals surface area contributed by atoms with E-state index in [0.29, 0.717) is 10.2 Å². The van der Waals surface area contributed by atoms with Gasteiger partial charge in [-0.15, -0.1) is 0 Å². The average molecular weight is 145 g/mol. The molecule has 9 heavy (non-hydrogen) atoms. The minimum Gasteiger partial charge on any atom is -0.478 e. The van der Waals surface area contributed by atoms with Crippen molar-refractivity contribution in [1.29, 1.82) is 0 Å². The van der Waals surface area contributed by atoms with Crippen LogP contribution in [0.15, 0.2) is 11.3 Å². The quantitative estimate of drug-likeness (QED) is 0.342. The van der Waals surface area contributed by atoms with E-state index >= 15 is 0 Å². The van der Waals surface area contributed by atoms with Crippen LogP contribution < -0.4 is 5.73 Å². The fourth-order valence-electron chi connectivity index (χ4n) is 0.275. The van der Waals surface area contributed by atoms with Crippen LogP contribution in [0.3, 0.4) is 0 Å². The Bertz CT molecular complexity index is 175. The molecular formula is C4H7NO3Si. The minimum atomic E-state index is -1.07. The van der Waals surface area contributed by atoms with Gasteiger partial charge in [0.05, 0.1) is 0 Å². The second kappa shape index (κ2) is 3.03. The van der Waals surface area contributed by atoms with Crippen LogP contribution in [-0.2, 0) is 9.59 Å². The van der Waals surface area contributed by atoms with Crippen LogP contribution in [0.5, 0.6) is 0 Å². The molecule has 0 aliphatic carbocycles. The molecule has 5 heteroatoms. The van der Waals surface area contributed by atoms with Crippen molar-refractivity contribution in [3.05, 3.63) is 11.3 Å². The molecule has 0 bridgehead atoms. The molecule has 0 radical (unpaired) electrons. The van der Waals surface area contributed by atoms with E-state index in [4.69, 9.17) is 5.11 Å². The van der Waals surface area contributed by atoms with Crippen molar-refractivity contribution in [2.24, 2.45) is 5.73 Å². The molecule has 4 nitrogen and oxygen atoms in total. The van der Waals surface area contributed by atoms with Crippen molar-refractivity contribution in [3.63, 3.8) is 0 Å². The standard InChI is InChI=1S/C4H7NO3Si/c5-3(6)1-2(9)4(7)8/h1H,9H3,(H2,5,6)(H,7,8)/b2-1+. The van der Waals surface area contributed by atoms with Crippen LogP contribution in [0.1, 0.15) is 0 Å². The molecule has 0 saturated heterocycles. The summed E-state index contributed by atoms with van der Waals surface area (Å²) in [6.07, 6.45) is 0.925. The lowest BCUT2D eigenvalue weighted by Crippen LogP contribution is -2.10. The lowest BCUT2D eigenvalue weighted by Gasteiger charge is -1.87. The number of aliphatic carboxylic acids is 1. The van der Waals surface area contributed by atoms with E-state index in [1.807, 2.05) is 0 Å². The highest BCUT2D eigenvalue weighted by molar-refractivity contribution is 6.36. The zero-order chi connectivity index (χ0) is 7.44. The molecule has 0 fully saturated rings. The number of rotatable bonds is 2. The number of carbonyl (C=O) groups is 2. The van der Waals surface area contributed by atoms with Crippen LogP contribution in [0, 0.1) is 0 Å². The van der Waals surface area contributed by atoms with E-state index in [1.165, 1.54) is 0 Å². The average Bonchev–Trinajstić information content (AvgIpc) is 1.63. The highest BCUT2D eigenvalue weighted by Crippen LogP contribution is 1.83. The Balaban J connectivity index is 4.17. The number of hydrogen-bond donors (Lipinski definition) is 2. The second-order valence-electron chi connectivity index (χ2n) is 1.53. The molecule has 0 aromatic rings. The van der Waals surface area contributed by atoms with E-state index < -0.39 is 11.9 Å². The molecule has 0 heterocycles. The van der Waals surface area contributed by atoms with Gasteiger partial charge >= 0.3 is 5.97 Å². The Hall–Kier alpha value is -1.10. The van der Waals surface area contributed by atoms with Gasteiger partial charge < -0.3 is 10.8 Å². The van der Waals surface area contributed by atoms with Crippen molar-refractivity contribution in [3.8, 4) is 0 Å². The summed E-state index contributed by atoms with van der Waals surface area (Å²) in [6, 6.07) is 0. The lowest BCUT2D eigenvalue weighted by atomic mass is 10.5. The van der Waals surface area contributed by atoms with Gasteiger partial charge in [-0.2, -0.15) is 0 Å². The summed E-state index contributed by atoms with van der Waals surface area (Å²) < 4.78 is 0. The maximum absolute atomic E-state index is 10.0. The van der Waals surface area contributed by atoms with E-state index in [1.54, 1.807) is 0 Å². The first-order valence-electron chi connectivity index (χ1n) is 2.25. The number of carboxylic acid groups (broad SMARTS) is 1. The second-order valence-corrected chi connectivity index (χ2v) is 2.61. The first kappa shape index (κ1) is 7.90. The predicted molar refractivity (Wildman–Crippen MR) is 34.9 cm³/mol. The van der Waals surface area contributed by atoms with Gasteiger partial charge in [0.25, 0.3) is 0 Å². The highest BCUT2D eigenvalue weighted by Gasteiger charge is 1.99.